The Kier molecular flexibility index (Phi) is 5.89. The third-order valence-corrected chi connectivity index (χ3v) is 8.94. The summed E-state index contributed by atoms with van der Waals surface area (Å²) in [5.74, 6) is 1.12. The Morgan fingerprint density at radius 3 is 2.68 bits per heavy atom. The maximum atomic E-state index is 12.8. The predicted octanol–water partition coefficient (Wildman–Crippen LogP) is 5.22. The first-order valence-electron chi connectivity index (χ1n) is 13.2. The maximum absolute atomic E-state index is 12.8. The van der Waals surface area contributed by atoms with E-state index >= 15 is 0 Å². The summed E-state index contributed by atoms with van der Waals surface area (Å²) in [4.78, 5) is 29.4. The molecular weight excluding hydrogens is 496 g/mol. The summed E-state index contributed by atoms with van der Waals surface area (Å²) in [5.41, 5.74) is 16.9. The minimum atomic E-state index is -1.15. The van der Waals surface area contributed by atoms with Crippen LogP contribution in [0.1, 0.15) is 54.3 Å². The van der Waals surface area contributed by atoms with Crippen molar-refractivity contribution in [3.63, 3.8) is 0 Å². The van der Waals surface area contributed by atoms with Gasteiger partial charge in [-0.3, -0.25) is 4.79 Å². The lowest BCUT2D eigenvalue weighted by atomic mass is 9.73. The zero-order valence-corrected chi connectivity index (χ0v) is 22.2. The van der Waals surface area contributed by atoms with Gasteiger partial charge in [0.2, 0.25) is 5.89 Å². The van der Waals surface area contributed by atoms with Crippen molar-refractivity contribution >= 4 is 29.2 Å². The molecule has 2 aromatic carbocycles. The van der Waals surface area contributed by atoms with Crippen LogP contribution in [0, 0.1) is 12.3 Å². The van der Waals surface area contributed by atoms with Gasteiger partial charge in [0.25, 0.3) is 0 Å². The van der Waals surface area contributed by atoms with Gasteiger partial charge in [0.1, 0.15) is 17.0 Å². The number of rotatable bonds is 5. The van der Waals surface area contributed by atoms with Crippen LogP contribution < -0.4 is 16.4 Å². The second-order valence-corrected chi connectivity index (χ2v) is 11.1. The van der Waals surface area contributed by atoms with E-state index in [9.17, 15) is 4.79 Å². The summed E-state index contributed by atoms with van der Waals surface area (Å²) in [6.45, 7) is 4.72. The summed E-state index contributed by atoms with van der Waals surface area (Å²) in [5, 5.41) is 0.475. The van der Waals surface area contributed by atoms with Crippen molar-refractivity contribution in [2.75, 3.05) is 23.7 Å². The molecule has 0 saturated carbocycles. The topological polar surface area (TPSA) is 124 Å². The van der Waals surface area contributed by atoms with Gasteiger partial charge in [-0.05, 0) is 60.4 Å². The van der Waals surface area contributed by atoms with Crippen LogP contribution in [0.5, 0.6) is 0 Å². The van der Waals surface area contributed by atoms with Crippen LogP contribution in [-0.2, 0) is 6.42 Å². The van der Waals surface area contributed by atoms with Crippen molar-refractivity contribution in [3.05, 3.63) is 77.3 Å². The van der Waals surface area contributed by atoms with Crippen LogP contribution in [0.3, 0.4) is 0 Å². The molecule has 1 aliphatic carbocycles. The highest BCUT2D eigenvalue weighted by Gasteiger charge is 2.46. The molecule has 1 aliphatic heterocycles. The number of nitrogens with zero attached hydrogens (tertiary/aromatic N) is 4. The summed E-state index contributed by atoms with van der Waals surface area (Å²) in [7, 11) is 0. The van der Waals surface area contributed by atoms with E-state index in [1.54, 1.807) is 12.5 Å². The number of fused-ring (bicyclic) bond motifs is 1. The van der Waals surface area contributed by atoms with Crippen molar-refractivity contribution in [2.45, 2.75) is 49.0 Å². The molecule has 0 bridgehead atoms. The molecule has 2 aromatic heterocycles. The average Bonchev–Trinajstić information content (AvgIpc) is 3.52. The van der Waals surface area contributed by atoms with Crippen molar-refractivity contribution < 1.29 is 10.6 Å². The zero-order valence-electron chi connectivity index (χ0n) is 22.4. The number of carbonyl (C=O) groups is 1. The van der Waals surface area contributed by atoms with Crippen molar-refractivity contribution in [2.24, 2.45) is 11.1 Å². The summed E-state index contributed by atoms with van der Waals surface area (Å²) in [6, 6.07) is 12.7. The molecule has 1 spiro atoms. The van der Waals surface area contributed by atoms with E-state index in [0.29, 0.717) is 48.4 Å². The highest BCUT2D eigenvalue weighted by atomic mass is 32.2. The minimum Gasteiger partial charge on any atom is -0.445 e. The number of piperidine rings is 1. The fourth-order valence-electron chi connectivity index (χ4n) is 5.65. The fourth-order valence-corrected chi connectivity index (χ4v) is 6.55. The van der Waals surface area contributed by atoms with Gasteiger partial charge in [-0.2, -0.15) is 0 Å². The van der Waals surface area contributed by atoms with Crippen molar-refractivity contribution in [3.8, 4) is 11.5 Å². The molecule has 3 heterocycles. The van der Waals surface area contributed by atoms with Crippen molar-refractivity contribution in [1.82, 2.24) is 15.0 Å². The maximum Gasteiger partial charge on any atom is 0.226 e. The van der Waals surface area contributed by atoms with Gasteiger partial charge in [-0.15, -0.1) is 0 Å². The van der Waals surface area contributed by atoms with Crippen LogP contribution in [0.15, 0.2) is 69.3 Å². The van der Waals surface area contributed by atoms with Gasteiger partial charge in [-0.1, -0.05) is 42.1 Å². The summed E-state index contributed by atoms with van der Waals surface area (Å²) >= 11 is 1.37. The van der Waals surface area contributed by atoms with Gasteiger partial charge in [0.05, 0.1) is 7.57 Å². The molecule has 1 atom stereocenters. The summed E-state index contributed by atoms with van der Waals surface area (Å²) in [6.07, 6.45) is 5.36. The lowest BCUT2D eigenvalue weighted by Crippen LogP contribution is -2.45. The molecule has 1 saturated heterocycles. The van der Waals surface area contributed by atoms with Crippen LogP contribution in [0.4, 0.5) is 11.6 Å². The number of aromatic nitrogens is 3. The molecule has 2 aliphatic rings. The first kappa shape index (κ1) is 23.4. The van der Waals surface area contributed by atoms with Crippen LogP contribution >= 0.6 is 11.8 Å². The van der Waals surface area contributed by atoms with E-state index in [-0.39, 0.29) is 17.0 Å². The Morgan fingerprint density at radius 1 is 1.18 bits per heavy atom. The Balaban J connectivity index is 1.27. The first-order chi connectivity index (χ1) is 18.7. The normalized spacial score (nSPS) is 20.4. The van der Waals surface area contributed by atoms with Gasteiger partial charge < -0.3 is 20.8 Å². The van der Waals surface area contributed by atoms with E-state index in [1.165, 1.54) is 18.7 Å². The van der Waals surface area contributed by atoms with Gasteiger partial charge in [-0.25, -0.2) is 15.0 Å². The lowest BCUT2D eigenvalue weighted by molar-refractivity contribution is 0.101. The van der Waals surface area contributed by atoms with E-state index < -0.39 is 6.02 Å². The SMILES string of the molecule is [2H][C@@]1(N)c2ccccc2CC12CCN(c1nc(N)c(Sc3cccc(-c4ncco4)c3C)nc1C(C)=O)CC2. The average molecular weight is 528 g/mol. The highest BCUT2D eigenvalue weighted by molar-refractivity contribution is 7.99. The standard InChI is InChI=1S/C29H30N6O2S/c1-17-20(27-32-12-15-37-27)8-5-9-22(17)38-28-25(31)34-26(23(33-28)18(2)36)35-13-10-29(11-14-35)16-19-6-3-4-7-21(19)24(29)30/h3-9,12,15,24H,10-11,13-14,16,30H2,1-2H3,(H2,31,34)/t24-/m1/s1/i24D. The summed E-state index contributed by atoms with van der Waals surface area (Å²) < 4.78 is 14.6. The third-order valence-electron chi connectivity index (χ3n) is 7.79. The van der Waals surface area contributed by atoms with E-state index in [2.05, 4.69) is 16.0 Å². The van der Waals surface area contributed by atoms with E-state index in [0.717, 1.165) is 33.6 Å². The predicted molar refractivity (Wildman–Crippen MR) is 148 cm³/mol. The van der Waals surface area contributed by atoms with Gasteiger partial charge in [0.15, 0.2) is 17.4 Å². The number of nitrogens with two attached hydrogens (primary N) is 2. The molecular formula is C29H30N6O2S. The second kappa shape index (κ2) is 9.56. The molecule has 38 heavy (non-hydrogen) atoms. The quantitative estimate of drug-likeness (QED) is 0.336. The monoisotopic (exact) mass is 527 g/mol. The smallest absolute Gasteiger partial charge is 0.226 e. The zero-order chi connectivity index (χ0) is 27.4. The van der Waals surface area contributed by atoms with E-state index in [4.69, 9.17) is 27.2 Å². The number of hydrogen-bond acceptors (Lipinski definition) is 9. The molecule has 194 valence electrons. The highest BCUT2D eigenvalue weighted by Crippen LogP contribution is 2.51. The molecule has 1 fully saturated rings. The number of Topliss-reactive ketones (excluding diaryl/α,β-unsaturated/α-hetero) is 1. The Bertz CT molecular complexity index is 1560. The number of ketones is 1. The largest absolute Gasteiger partial charge is 0.445 e. The van der Waals surface area contributed by atoms with Crippen LogP contribution in [0.25, 0.3) is 11.5 Å². The molecule has 6 rings (SSSR count). The fraction of sp³-hybridized carbons (Fsp3) is 0.310. The molecule has 4 aromatic rings. The number of oxazole rings is 1. The Hall–Kier alpha value is -3.69. The number of carbonyl (C=O) groups excluding carboxylic acids is 1. The second-order valence-electron chi connectivity index (χ2n) is 10.0. The molecule has 4 N–H and O–H groups in total. The van der Waals surface area contributed by atoms with Crippen LogP contribution in [-0.4, -0.2) is 33.8 Å². The van der Waals surface area contributed by atoms with E-state index in [1.807, 2.05) is 43.3 Å². The molecule has 0 radical (unpaired) electrons. The third kappa shape index (κ3) is 4.16. The lowest BCUT2D eigenvalue weighted by Gasteiger charge is -2.42. The number of nitrogen functional groups attached to an aromatic ring is 1. The molecule has 9 heteroatoms. The minimum absolute atomic E-state index is 0.174. The molecule has 0 amide bonds. The number of benzene rings is 2. The Morgan fingerprint density at radius 2 is 1.97 bits per heavy atom. The molecule has 8 nitrogen and oxygen atoms in total. The van der Waals surface area contributed by atoms with Gasteiger partial charge >= 0.3 is 0 Å². The van der Waals surface area contributed by atoms with Crippen LogP contribution in [0.2, 0.25) is 0 Å². The number of anilines is 2. The first-order valence-corrected chi connectivity index (χ1v) is 13.5. The van der Waals surface area contributed by atoms with Crippen molar-refractivity contribution in [1.29, 1.82) is 0 Å². The molecule has 0 unspecified atom stereocenters. The van der Waals surface area contributed by atoms with Gasteiger partial charge in [0, 0.05) is 36.5 Å². The number of hydrogen-bond donors (Lipinski definition) is 2. The Labute approximate surface area is 227 Å².